The zero-order valence-electron chi connectivity index (χ0n) is 12.0. The van der Waals surface area contributed by atoms with E-state index in [4.69, 9.17) is 4.74 Å². The van der Waals surface area contributed by atoms with E-state index in [1.54, 1.807) is 19.5 Å². The van der Waals surface area contributed by atoms with Crippen LogP contribution in [0, 0.1) is 0 Å². The Balaban J connectivity index is 2.09. The summed E-state index contributed by atoms with van der Waals surface area (Å²) in [6, 6.07) is 16.0. The molecule has 0 amide bonds. The molecule has 22 heavy (non-hydrogen) atoms. The molecule has 0 radical (unpaired) electrons. The van der Waals surface area contributed by atoms with Crippen LogP contribution in [0.2, 0.25) is 0 Å². The largest absolute Gasteiger partial charge is 0.494 e. The summed E-state index contributed by atoms with van der Waals surface area (Å²) < 4.78 is 5.41. The second-order valence-corrected chi connectivity index (χ2v) is 5.00. The quantitative estimate of drug-likeness (QED) is 0.562. The smallest absolute Gasteiger partial charge is 0.145 e. The molecule has 4 nitrogen and oxygen atoms in total. The molecule has 0 N–H and O–H groups in total. The number of fused-ring (bicyclic) bond motifs is 2. The summed E-state index contributed by atoms with van der Waals surface area (Å²) in [5.74, 6) is 0.757. The average molecular weight is 287 g/mol. The summed E-state index contributed by atoms with van der Waals surface area (Å²) in [6.45, 7) is 0. The van der Waals surface area contributed by atoms with E-state index in [0.29, 0.717) is 0 Å². The Kier molecular flexibility index (Phi) is 2.93. The van der Waals surface area contributed by atoms with Gasteiger partial charge in [0.25, 0.3) is 0 Å². The molecule has 2 aromatic heterocycles. The molecule has 0 saturated carbocycles. The fourth-order valence-electron chi connectivity index (χ4n) is 2.74. The molecule has 0 bridgehead atoms. The molecule has 2 heterocycles. The molecule has 0 saturated heterocycles. The van der Waals surface area contributed by atoms with Gasteiger partial charge < -0.3 is 4.74 Å². The second-order valence-electron chi connectivity index (χ2n) is 5.00. The van der Waals surface area contributed by atoms with Gasteiger partial charge in [0, 0.05) is 27.9 Å². The van der Waals surface area contributed by atoms with Crippen LogP contribution < -0.4 is 4.74 Å². The van der Waals surface area contributed by atoms with E-state index in [0.717, 1.165) is 38.7 Å². The van der Waals surface area contributed by atoms with Gasteiger partial charge in [-0.1, -0.05) is 30.3 Å². The number of aromatic nitrogens is 3. The van der Waals surface area contributed by atoms with Crippen LogP contribution in [0.5, 0.6) is 5.75 Å². The van der Waals surface area contributed by atoms with Gasteiger partial charge in [-0.3, -0.25) is 4.98 Å². The van der Waals surface area contributed by atoms with Gasteiger partial charge in [-0.15, -0.1) is 5.10 Å². The Bertz CT molecular complexity index is 977. The highest BCUT2D eigenvalue weighted by molar-refractivity contribution is 6.04. The van der Waals surface area contributed by atoms with Crippen LogP contribution in [0.3, 0.4) is 0 Å². The molecule has 0 fully saturated rings. The Morgan fingerprint density at radius 1 is 0.909 bits per heavy atom. The molecular formula is C18H13N3O. The lowest BCUT2D eigenvalue weighted by atomic mass is 10.0. The van der Waals surface area contributed by atoms with E-state index in [-0.39, 0.29) is 0 Å². The fraction of sp³-hybridized carbons (Fsp3) is 0.0556. The van der Waals surface area contributed by atoms with Crippen molar-refractivity contribution < 1.29 is 4.74 Å². The summed E-state index contributed by atoms with van der Waals surface area (Å²) in [6.07, 6.45) is 3.55. The maximum Gasteiger partial charge on any atom is 0.145 e. The number of hydrogen-bond acceptors (Lipinski definition) is 4. The molecule has 4 rings (SSSR count). The van der Waals surface area contributed by atoms with E-state index < -0.39 is 0 Å². The normalized spacial score (nSPS) is 11.0. The number of ether oxygens (including phenoxy) is 1. The molecule has 0 unspecified atom stereocenters. The van der Waals surface area contributed by atoms with Gasteiger partial charge >= 0.3 is 0 Å². The number of methoxy groups -OCH3 is 1. The number of benzene rings is 2. The molecule has 106 valence electrons. The molecule has 4 heteroatoms. The summed E-state index contributed by atoms with van der Waals surface area (Å²) in [5.41, 5.74) is 2.70. The number of nitrogens with zero attached hydrogens (tertiary/aromatic N) is 3. The van der Waals surface area contributed by atoms with Crippen molar-refractivity contribution >= 4 is 21.7 Å². The van der Waals surface area contributed by atoms with Gasteiger partial charge in [0.15, 0.2) is 0 Å². The van der Waals surface area contributed by atoms with Crippen LogP contribution in [0.25, 0.3) is 32.9 Å². The summed E-state index contributed by atoms with van der Waals surface area (Å²) in [4.78, 5) is 4.45. The second kappa shape index (κ2) is 5.07. The first-order valence-electron chi connectivity index (χ1n) is 7.01. The number of hydrogen-bond donors (Lipinski definition) is 0. The maximum absolute atomic E-state index is 5.41. The van der Waals surface area contributed by atoms with Crippen molar-refractivity contribution in [2.45, 2.75) is 0 Å². The van der Waals surface area contributed by atoms with Gasteiger partial charge in [0.1, 0.15) is 17.0 Å². The van der Waals surface area contributed by atoms with Crippen molar-refractivity contribution in [1.29, 1.82) is 0 Å². The minimum Gasteiger partial charge on any atom is -0.494 e. The maximum atomic E-state index is 5.41. The molecular weight excluding hydrogens is 274 g/mol. The van der Waals surface area contributed by atoms with Gasteiger partial charge in [-0.05, 0) is 18.2 Å². The van der Waals surface area contributed by atoms with Crippen molar-refractivity contribution in [3.63, 3.8) is 0 Å². The lowest BCUT2D eigenvalue weighted by molar-refractivity contribution is 0.419. The van der Waals surface area contributed by atoms with Crippen LogP contribution >= 0.6 is 0 Å². The van der Waals surface area contributed by atoms with Gasteiger partial charge in [-0.25, -0.2) is 0 Å². The predicted octanol–water partition coefficient (Wildman–Crippen LogP) is 3.85. The standard InChI is InChI=1S/C18H13N3O/c1-22-16-9-8-15(14-7-4-10-19-18(14)16)17-13-6-3-2-5-12(13)11-20-21-17/h2-11H,1H3. The zero-order chi connectivity index (χ0) is 14.9. The first-order chi connectivity index (χ1) is 10.9. The summed E-state index contributed by atoms with van der Waals surface area (Å²) >= 11 is 0. The monoisotopic (exact) mass is 287 g/mol. The minimum absolute atomic E-state index is 0.757. The van der Waals surface area contributed by atoms with Crippen LogP contribution in [0.15, 0.2) is 60.9 Å². The third-order valence-electron chi connectivity index (χ3n) is 3.78. The van der Waals surface area contributed by atoms with Crippen LogP contribution in [0.1, 0.15) is 0 Å². The number of rotatable bonds is 2. The first kappa shape index (κ1) is 12.7. The van der Waals surface area contributed by atoms with E-state index in [9.17, 15) is 0 Å². The Morgan fingerprint density at radius 3 is 2.68 bits per heavy atom. The number of pyridine rings is 1. The predicted molar refractivity (Wildman–Crippen MR) is 86.8 cm³/mol. The highest BCUT2D eigenvalue weighted by Gasteiger charge is 2.12. The van der Waals surface area contributed by atoms with Gasteiger partial charge in [0.05, 0.1) is 13.3 Å². The van der Waals surface area contributed by atoms with Crippen LogP contribution in [-0.2, 0) is 0 Å². The SMILES string of the molecule is COc1ccc(-c2nncc3ccccc23)c2cccnc12. The third kappa shape index (κ3) is 1.89. The highest BCUT2D eigenvalue weighted by Crippen LogP contribution is 2.34. The summed E-state index contributed by atoms with van der Waals surface area (Å²) in [7, 11) is 1.65. The van der Waals surface area contributed by atoms with E-state index in [1.165, 1.54) is 0 Å². The topological polar surface area (TPSA) is 47.9 Å². The van der Waals surface area contributed by atoms with Crippen molar-refractivity contribution in [1.82, 2.24) is 15.2 Å². The molecule has 4 aromatic rings. The molecule has 0 aliphatic rings. The van der Waals surface area contributed by atoms with Crippen LogP contribution in [-0.4, -0.2) is 22.3 Å². The summed E-state index contributed by atoms with van der Waals surface area (Å²) in [5, 5.41) is 11.7. The Morgan fingerprint density at radius 2 is 1.77 bits per heavy atom. The van der Waals surface area contributed by atoms with Gasteiger partial charge in [0.2, 0.25) is 0 Å². The Hall–Kier alpha value is -3.01. The minimum atomic E-state index is 0.757. The van der Waals surface area contributed by atoms with Gasteiger partial charge in [-0.2, -0.15) is 5.10 Å². The first-order valence-corrected chi connectivity index (χ1v) is 7.01. The Labute approximate surface area is 127 Å². The molecule has 2 aromatic carbocycles. The third-order valence-corrected chi connectivity index (χ3v) is 3.78. The highest BCUT2D eigenvalue weighted by atomic mass is 16.5. The van der Waals surface area contributed by atoms with Crippen molar-refractivity contribution in [3.8, 4) is 17.0 Å². The molecule has 0 atom stereocenters. The van der Waals surface area contributed by atoms with Crippen LogP contribution in [0.4, 0.5) is 0 Å². The fourth-order valence-corrected chi connectivity index (χ4v) is 2.74. The van der Waals surface area contributed by atoms with Crippen molar-refractivity contribution in [2.24, 2.45) is 0 Å². The lowest BCUT2D eigenvalue weighted by Gasteiger charge is -2.10. The van der Waals surface area contributed by atoms with Crippen molar-refractivity contribution in [3.05, 3.63) is 60.9 Å². The molecule has 0 aliphatic heterocycles. The molecule has 0 spiro atoms. The van der Waals surface area contributed by atoms with E-state index >= 15 is 0 Å². The molecule has 0 aliphatic carbocycles. The van der Waals surface area contributed by atoms with Crippen molar-refractivity contribution in [2.75, 3.05) is 7.11 Å². The lowest BCUT2D eigenvalue weighted by Crippen LogP contribution is -1.93. The zero-order valence-corrected chi connectivity index (χ0v) is 12.0. The average Bonchev–Trinajstić information content (AvgIpc) is 2.60. The van der Waals surface area contributed by atoms with E-state index in [1.807, 2.05) is 42.5 Å². The van der Waals surface area contributed by atoms with E-state index in [2.05, 4.69) is 21.2 Å².